The summed E-state index contributed by atoms with van der Waals surface area (Å²) in [6.07, 6.45) is 56.0. The molecule has 0 saturated carbocycles. The third kappa shape index (κ3) is 43.8. The van der Waals surface area contributed by atoms with Crippen LogP contribution >= 0.6 is 0 Å². The van der Waals surface area contributed by atoms with Gasteiger partial charge in [0, 0.05) is 19.3 Å². The molecule has 0 rings (SSSR count). The van der Waals surface area contributed by atoms with Crippen molar-refractivity contribution in [3.63, 3.8) is 0 Å². The van der Waals surface area contributed by atoms with Crippen LogP contribution in [-0.4, -0.2) is 37.2 Å². The summed E-state index contributed by atoms with van der Waals surface area (Å²) >= 11 is 0. The first-order valence-electron chi connectivity index (χ1n) is 23.4. The molecule has 326 valence electrons. The highest BCUT2D eigenvalue weighted by molar-refractivity contribution is 5.71. The standard InChI is InChI=1S/C51H86O6/c1-4-7-10-13-16-19-22-23-24-25-26-27-30-32-35-38-41-44-50(53)56-47-48(57-51(54)45-42-39-36-33-29-21-18-15-12-9-6-3)46-55-49(52)43-40-37-34-31-28-20-17-14-11-8-5-2/h7,10,14-19,23-24,26-27,48H,4-6,8-9,11-13,20-22,25,28-47H2,1-3H3/b10-7-,17-14-,18-15-,19-16-,24-23-,27-26-/t48-/m0/s1. The van der Waals surface area contributed by atoms with E-state index >= 15 is 0 Å². The molecule has 0 heterocycles. The van der Waals surface area contributed by atoms with E-state index in [1.54, 1.807) is 0 Å². The second-order valence-electron chi connectivity index (χ2n) is 15.3. The van der Waals surface area contributed by atoms with Gasteiger partial charge in [0.15, 0.2) is 6.10 Å². The summed E-state index contributed by atoms with van der Waals surface area (Å²) in [6.45, 7) is 6.39. The molecule has 1 atom stereocenters. The number of carbonyl (C=O) groups excluding carboxylic acids is 3. The van der Waals surface area contributed by atoms with Gasteiger partial charge in [-0.25, -0.2) is 0 Å². The molecular formula is C51H86O6. The molecule has 0 amide bonds. The Labute approximate surface area is 351 Å². The SMILES string of the molecule is CC/C=C\C/C=C\C/C=C\C/C=C\CCCCCCC(=O)OC[C@H](COC(=O)CCCCCCC/C=C\CCCC)OC(=O)CCCCCCC/C=C\CCCC. The summed E-state index contributed by atoms with van der Waals surface area (Å²) in [5.74, 6) is -0.941. The van der Waals surface area contributed by atoms with Crippen molar-refractivity contribution in [2.45, 2.75) is 219 Å². The lowest BCUT2D eigenvalue weighted by Crippen LogP contribution is -2.30. The molecule has 0 aromatic heterocycles. The second-order valence-corrected chi connectivity index (χ2v) is 15.3. The molecule has 0 aliphatic rings. The monoisotopic (exact) mass is 795 g/mol. The van der Waals surface area contributed by atoms with Gasteiger partial charge in [0.25, 0.3) is 0 Å². The first-order chi connectivity index (χ1) is 28.0. The van der Waals surface area contributed by atoms with E-state index in [9.17, 15) is 14.4 Å². The first kappa shape index (κ1) is 53.9. The molecule has 0 fully saturated rings. The van der Waals surface area contributed by atoms with Crippen LogP contribution in [0.2, 0.25) is 0 Å². The Hall–Kier alpha value is -3.15. The summed E-state index contributed by atoms with van der Waals surface area (Å²) in [4.78, 5) is 37.8. The fraction of sp³-hybridized carbons (Fsp3) is 0.706. The van der Waals surface area contributed by atoms with E-state index in [1.165, 1.54) is 57.8 Å². The Morgan fingerprint density at radius 3 is 1.09 bits per heavy atom. The Kier molecular flexibility index (Phi) is 43.0. The number of rotatable bonds is 41. The van der Waals surface area contributed by atoms with Gasteiger partial charge in [-0.2, -0.15) is 0 Å². The van der Waals surface area contributed by atoms with Crippen LogP contribution in [0.4, 0.5) is 0 Å². The van der Waals surface area contributed by atoms with Gasteiger partial charge in [-0.05, 0) is 96.3 Å². The number of ether oxygens (including phenoxy) is 3. The summed E-state index contributed by atoms with van der Waals surface area (Å²) in [7, 11) is 0. The molecule has 0 aromatic rings. The molecule has 0 saturated heterocycles. The van der Waals surface area contributed by atoms with Crippen LogP contribution < -0.4 is 0 Å². The van der Waals surface area contributed by atoms with E-state index in [2.05, 4.69) is 93.7 Å². The second kappa shape index (κ2) is 45.6. The van der Waals surface area contributed by atoms with Gasteiger partial charge in [-0.15, -0.1) is 0 Å². The van der Waals surface area contributed by atoms with Crippen molar-refractivity contribution in [2.75, 3.05) is 13.2 Å². The summed E-state index contributed by atoms with van der Waals surface area (Å²) in [5, 5.41) is 0. The van der Waals surface area contributed by atoms with Crippen LogP contribution in [0.3, 0.4) is 0 Å². The van der Waals surface area contributed by atoms with Crippen LogP contribution in [0.15, 0.2) is 72.9 Å². The van der Waals surface area contributed by atoms with Crippen LogP contribution in [0.5, 0.6) is 0 Å². The Balaban J connectivity index is 4.42. The molecule has 0 bridgehead atoms. The van der Waals surface area contributed by atoms with Crippen LogP contribution in [0, 0.1) is 0 Å². The number of carbonyl (C=O) groups is 3. The zero-order valence-corrected chi connectivity index (χ0v) is 37.1. The van der Waals surface area contributed by atoms with Gasteiger partial charge in [0.1, 0.15) is 13.2 Å². The lowest BCUT2D eigenvalue weighted by atomic mass is 10.1. The highest BCUT2D eigenvalue weighted by Crippen LogP contribution is 2.13. The van der Waals surface area contributed by atoms with Crippen molar-refractivity contribution in [3.8, 4) is 0 Å². The van der Waals surface area contributed by atoms with Gasteiger partial charge in [-0.1, -0.05) is 171 Å². The third-order valence-electron chi connectivity index (χ3n) is 9.66. The van der Waals surface area contributed by atoms with Crippen molar-refractivity contribution < 1.29 is 28.6 Å². The minimum absolute atomic E-state index is 0.0920. The van der Waals surface area contributed by atoms with E-state index in [1.807, 2.05) is 0 Å². The molecular weight excluding hydrogens is 709 g/mol. The minimum atomic E-state index is -0.790. The first-order valence-corrected chi connectivity index (χ1v) is 23.4. The molecule has 0 N–H and O–H groups in total. The zero-order valence-electron chi connectivity index (χ0n) is 37.1. The average molecular weight is 795 g/mol. The molecule has 0 aliphatic carbocycles. The number of esters is 3. The van der Waals surface area contributed by atoms with Crippen molar-refractivity contribution in [1.82, 2.24) is 0 Å². The van der Waals surface area contributed by atoms with Gasteiger partial charge in [0.05, 0.1) is 0 Å². The van der Waals surface area contributed by atoms with Crippen molar-refractivity contribution >= 4 is 17.9 Å². The highest BCUT2D eigenvalue weighted by atomic mass is 16.6. The normalized spacial score (nSPS) is 12.7. The fourth-order valence-corrected chi connectivity index (χ4v) is 6.10. The van der Waals surface area contributed by atoms with Gasteiger partial charge < -0.3 is 14.2 Å². The van der Waals surface area contributed by atoms with Crippen molar-refractivity contribution in [3.05, 3.63) is 72.9 Å². The molecule has 0 spiro atoms. The van der Waals surface area contributed by atoms with Crippen LogP contribution in [0.25, 0.3) is 0 Å². The predicted octanol–water partition coefficient (Wildman–Crippen LogP) is 15.1. The van der Waals surface area contributed by atoms with Gasteiger partial charge >= 0.3 is 17.9 Å². The smallest absolute Gasteiger partial charge is 0.306 e. The van der Waals surface area contributed by atoms with Crippen molar-refractivity contribution in [1.29, 1.82) is 0 Å². The van der Waals surface area contributed by atoms with Crippen LogP contribution in [-0.2, 0) is 28.6 Å². The average Bonchev–Trinajstić information content (AvgIpc) is 3.21. The molecule has 0 unspecified atom stereocenters. The Bertz CT molecular complexity index is 1100. The summed E-state index contributed by atoms with van der Waals surface area (Å²) < 4.78 is 16.7. The largest absolute Gasteiger partial charge is 0.462 e. The number of unbranched alkanes of at least 4 members (excludes halogenated alkanes) is 18. The topological polar surface area (TPSA) is 78.9 Å². The lowest BCUT2D eigenvalue weighted by Gasteiger charge is -2.18. The molecule has 57 heavy (non-hydrogen) atoms. The zero-order chi connectivity index (χ0) is 41.5. The molecule has 0 aromatic carbocycles. The lowest BCUT2D eigenvalue weighted by molar-refractivity contribution is -0.167. The quantitative estimate of drug-likeness (QED) is 0.0265. The molecule has 0 aliphatic heterocycles. The number of allylic oxidation sites excluding steroid dienone is 12. The maximum Gasteiger partial charge on any atom is 0.306 e. The fourth-order valence-electron chi connectivity index (χ4n) is 6.10. The van der Waals surface area contributed by atoms with Crippen molar-refractivity contribution in [2.24, 2.45) is 0 Å². The summed E-state index contributed by atoms with van der Waals surface area (Å²) in [6, 6.07) is 0. The van der Waals surface area contributed by atoms with E-state index in [0.29, 0.717) is 19.3 Å². The maximum absolute atomic E-state index is 12.7. The van der Waals surface area contributed by atoms with Gasteiger partial charge in [0.2, 0.25) is 0 Å². The Morgan fingerprint density at radius 2 is 0.684 bits per heavy atom. The maximum atomic E-state index is 12.7. The van der Waals surface area contributed by atoms with E-state index in [4.69, 9.17) is 14.2 Å². The van der Waals surface area contributed by atoms with Crippen LogP contribution in [0.1, 0.15) is 213 Å². The third-order valence-corrected chi connectivity index (χ3v) is 9.66. The molecule has 6 nitrogen and oxygen atoms in total. The van der Waals surface area contributed by atoms with E-state index < -0.39 is 6.10 Å². The highest BCUT2D eigenvalue weighted by Gasteiger charge is 2.19. The Morgan fingerprint density at radius 1 is 0.368 bits per heavy atom. The summed E-state index contributed by atoms with van der Waals surface area (Å²) in [5.41, 5.74) is 0. The number of hydrogen-bond acceptors (Lipinski definition) is 6. The number of hydrogen-bond donors (Lipinski definition) is 0. The van der Waals surface area contributed by atoms with E-state index in [0.717, 1.165) is 116 Å². The van der Waals surface area contributed by atoms with E-state index in [-0.39, 0.29) is 31.1 Å². The molecule has 0 radical (unpaired) electrons. The minimum Gasteiger partial charge on any atom is -0.462 e. The molecule has 6 heteroatoms. The predicted molar refractivity (Wildman–Crippen MR) is 242 cm³/mol. The van der Waals surface area contributed by atoms with Gasteiger partial charge in [-0.3, -0.25) is 14.4 Å².